The van der Waals surface area contributed by atoms with Gasteiger partial charge in [0.2, 0.25) is 17.6 Å². The number of carbonyl (C=O) groups excluding carboxylic acids is 1. The zero-order chi connectivity index (χ0) is 19.9. The van der Waals surface area contributed by atoms with Gasteiger partial charge in [-0.05, 0) is 42.0 Å². The molecule has 0 fully saturated rings. The molecule has 1 aromatic carbocycles. The number of benzene rings is 1. The average Bonchev–Trinajstić information content (AvgIpc) is 3.34. The third-order valence-electron chi connectivity index (χ3n) is 4.21. The molecule has 2 heterocycles. The number of carboxylic acid groups (broad SMARTS) is 1. The van der Waals surface area contributed by atoms with Crippen molar-refractivity contribution < 1.29 is 19.2 Å². The molecule has 0 aliphatic heterocycles. The summed E-state index contributed by atoms with van der Waals surface area (Å²) in [5.41, 5.74) is 1.61. The second-order valence-electron chi connectivity index (χ2n) is 6.53. The van der Waals surface area contributed by atoms with E-state index in [0.29, 0.717) is 43.1 Å². The summed E-state index contributed by atoms with van der Waals surface area (Å²) in [6, 6.07) is 11.1. The van der Waals surface area contributed by atoms with E-state index in [1.807, 2.05) is 29.6 Å². The van der Waals surface area contributed by atoms with Crippen LogP contribution in [0.4, 0.5) is 5.69 Å². The van der Waals surface area contributed by atoms with Crippen molar-refractivity contribution in [3.8, 4) is 10.7 Å². The van der Waals surface area contributed by atoms with E-state index >= 15 is 0 Å². The number of nitrogens with zero attached hydrogens (tertiary/aromatic N) is 2. The van der Waals surface area contributed by atoms with E-state index in [1.165, 1.54) is 0 Å². The van der Waals surface area contributed by atoms with Crippen molar-refractivity contribution in [2.75, 3.05) is 5.32 Å². The molecule has 146 valence electrons. The van der Waals surface area contributed by atoms with Gasteiger partial charge in [0.25, 0.3) is 0 Å². The zero-order valence-corrected chi connectivity index (χ0v) is 16.2. The molecule has 3 rings (SSSR count). The number of anilines is 1. The third-order valence-corrected chi connectivity index (χ3v) is 5.07. The van der Waals surface area contributed by atoms with Crippen LogP contribution < -0.4 is 5.32 Å². The lowest BCUT2D eigenvalue weighted by molar-refractivity contribution is -0.141. The number of aryl methyl sites for hydroxylation is 1. The molecular weight excluding hydrogens is 378 g/mol. The second kappa shape index (κ2) is 9.27. The van der Waals surface area contributed by atoms with Gasteiger partial charge in [0.05, 0.1) is 10.8 Å². The van der Waals surface area contributed by atoms with Gasteiger partial charge < -0.3 is 14.9 Å². The normalized spacial score (nSPS) is 11.9. The monoisotopic (exact) mass is 399 g/mol. The van der Waals surface area contributed by atoms with Gasteiger partial charge in [0.15, 0.2) is 0 Å². The average molecular weight is 399 g/mol. The lowest BCUT2D eigenvalue weighted by atomic mass is 10.0. The molecule has 28 heavy (non-hydrogen) atoms. The Morgan fingerprint density at radius 1 is 1.25 bits per heavy atom. The predicted molar refractivity (Wildman–Crippen MR) is 106 cm³/mol. The number of hydrogen-bond donors (Lipinski definition) is 2. The maximum absolute atomic E-state index is 12.1. The minimum absolute atomic E-state index is 0.0929. The van der Waals surface area contributed by atoms with Gasteiger partial charge >= 0.3 is 5.97 Å². The molecule has 0 radical (unpaired) electrons. The molecule has 0 aliphatic carbocycles. The SMILES string of the molecule is CC(Cc1ccc(NC(=O)CCCc2nc(-c3cccs3)no2)cc1)C(=O)O. The van der Waals surface area contributed by atoms with E-state index in [0.717, 1.165) is 10.4 Å². The van der Waals surface area contributed by atoms with E-state index in [1.54, 1.807) is 30.4 Å². The molecule has 8 heteroatoms. The fraction of sp³-hybridized carbons (Fsp3) is 0.300. The fourth-order valence-corrected chi connectivity index (χ4v) is 3.30. The Balaban J connectivity index is 1.42. The number of nitrogens with one attached hydrogen (secondary N) is 1. The summed E-state index contributed by atoms with van der Waals surface area (Å²) in [4.78, 5) is 28.3. The summed E-state index contributed by atoms with van der Waals surface area (Å²) < 4.78 is 5.22. The van der Waals surface area contributed by atoms with Gasteiger partial charge in [-0.15, -0.1) is 11.3 Å². The zero-order valence-electron chi connectivity index (χ0n) is 15.4. The Labute approximate surface area is 166 Å². The molecule has 3 aromatic rings. The quantitative estimate of drug-likeness (QED) is 0.563. The fourth-order valence-electron chi connectivity index (χ4n) is 2.65. The van der Waals surface area contributed by atoms with Gasteiger partial charge in [-0.1, -0.05) is 30.3 Å². The van der Waals surface area contributed by atoms with Gasteiger partial charge in [-0.3, -0.25) is 9.59 Å². The summed E-state index contributed by atoms with van der Waals surface area (Å²) in [7, 11) is 0. The summed E-state index contributed by atoms with van der Waals surface area (Å²) in [5.74, 6) is -0.254. The molecule has 0 aliphatic rings. The molecule has 1 unspecified atom stereocenters. The highest BCUT2D eigenvalue weighted by Gasteiger charge is 2.12. The second-order valence-corrected chi connectivity index (χ2v) is 7.48. The number of carboxylic acids is 1. The van der Waals surface area contributed by atoms with E-state index in [2.05, 4.69) is 15.5 Å². The Morgan fingerprint density at radius 3 is 2.71 bits per heavy atom. The predicted octanol–water partition coefficient (Wildman–Crippen LogP) is 4.02. The first-order chi connectivity index (χ1) is 13.5. The molecule has 2 N–H and O–H groups in total. The maximum Gasteiger partial charge on any atom is 0.306 e. The van der Waals surface area contributed by atoms with Crippen molar-refractivity contribution in [3.05, 3.63) is 53.2 Å². The molecule has 7 nitrogen and oxygen atoms in total. The molecule has 1 atom stereocenters. The highest BCUT2D eigenvalue weighted by atomic mass is 32.1. The molecule has 1 amide bonds. The van der Waals surface area contributed by atoms with Crippen molar-refractivity contribution >= 4 is 28.9 Å². The van der Waals surface area contributed by atoms with Gasteiger partial charge in [0, 0.05) is 18.5 Å². The Bertz CT molecular complexity index is 919. The van der Waals surface area contributed by atoms with Crippen LogP contribution >= 0.6 is 11.3 Å². The van der Waals surface area contributed by atoms with Crippen molar-refractivity contribution in [2.45, 2.75) is 32.6 Å². The van der Waals surface area contributed by atoms with Gasteiger partial charge in [0.1, 0.15) is 0 Å². The summed E-state index contributed by atoms with van der Waals surface area (Å²) in [6.45, 7) is 1.67. The number of amides is 1. The van der Waals surface area contributed by atoms with Crippen LogP contribution in [0, 0.1) is 5.92 Å². The lowest BCUT2D eigenvalue weighted by Gasteiger charge is -2.08. The maximum atomic E-state index is 12.1. The van der Waals surface area contributed by atoms with Crippen LogP contribution in [0.5, 0.6) is 0 Å². The Hall–Kier alpha value is -3.00. The third kappa shape index (κ3) is 5.50. The first kappa shape index (κ1) is 19.8. The minimum Gasteiger partial charge on any atom is -0.481 e. The van der Waals surface area contributed by atoms with E-state index in [4.69, 9.17) is 9.63 Å². The molecule has 2 aromatic heterocycles. The number of hydrogen-bond acceptors (Lipinski definition) is 6. The van der Waals surface area contributed by atoms with Crippen LogP contribution in [0.1, 0.15) is 31.2 Å². The van der Waals surface area contributed by atoms with Crippen LogP contribution in [0.15, 0.2) is 46.3 Å². The molecule has 0 spiro atoms. The van der Waals surface area contributed by atoms with Crippen LogP contribution in [0.2, 0.25) is 0 Å². The molecule has 0 bridgehead atoms. The summed E-state index contributed by atoms with van der Waals surface area (Å²) in [5, 5.41) is 17.7. The topological polar surface area (TPSA) is 105 Å². The summed E-state index contributed by atoms with van der Waals surface area (Å²) >= 11 is 1.55. The minimum atomic E-state index is -0.818. The number of rotatable bonds is 9. The van der Waals surface area contributed by atoms with E-state index in [-0.39, 0.29) is 5.91 Å². The summed E-state index contributed by atoms with van der Waals surface area (Å²) in [6.07, 6.45) is 1.94. The van der Waals surface area contributed by atoms with Crippen molar-refractivity contribution in [2.24, 2.45) is 5.92 Å². The number of carbonyl (C=O) groups is 2. The highest BCUT2D eigenvalue weighted by Crippen LogP contribution is 2.21. The van der Waals surface area contributed by atoms with Crippen molar-refractivity contribution in [3.63, 3.8) is 0 Å². The number of aliphatic carboxylic acids is 1. The lowest BCUT2D eigenvalue weighted by Crippen LogP contribution is -2.13. The van der Waals surface area contributed by atoms with Crippen LogP contribution in [0.3, 0.4) is 0 Å². The Kier molecular flexibility index (Phi) is 6.54. The highest BCUT2D eigenvalue weighted by molar-refractivity contribution is 7.13. The Morgan fingerprint density at radius 2 is 2.04 bits per heavy atom. The number of aromatic nitrogens is 2. The molecular formula is C20H21N3O4S. The van der Waals surface area contributed by atoms with Gasteiger partial charge in [-0.2, -0.15) is 4.98 Å². The van der Waals surface area contributed by atoms with Crippen molar-refractivity contribution in [1.29, 1.82) is 0 Å². The van der Waals surface area contributed by atoms with Crippen molar-refractivity contribution in [1.82, 2.24) is 10.1 Å². The van der Waals surface area contributed by atoms with Crippen LogP contribution in [0.25, 0.3) is 10.7 Å². The van der Waals surface area contributed by atoms with Crippen LogP contribution in [-0.4, -0.2) is 27.1 Å². The van der Waals surface area contributed by atoms with E-state index in [9.17, 15) is 9.59 Å². The van der Waals surface area contributed by atoms with E-state index < -0.39 is 11.9 Å². The van der Waals surface area contributed by atoms with Gasteiger partial charge in [-0.25, -0.2) is 0 Å². The first-order valence-electron chi connectivity index (χ1n) is 8.99. The molecule has 0 saturated heterocycles. The first-order valence-corrected chi connectivity index (χ1v) is 9.87. The molecule has 0 saturated carbocycles. The largest absolute Gasteiger partial charge is 0.481 e. The standard InChI is InChI=1S/C20H21N3O4S/c1-13(20(25)26)12-14-7-9-15(10-8-14)21-17(24)5-2-6-18-22-19(23-27-18)16-4-3-11-28-16/h3-4,7-11,13H,2,5-6,12H2,1H3,(H,21,24)(H,25,26). The number of thiophene rings is 1. The van der Waals surface area contributed by atoms with Crippen LogP contribution in [-0.2, 0) is 22.4 Å². The smallest absolute Gasteiger partial charge is 0.306 e.